The molecule has 0 radical (unpaired) electrons. The maximum atomic E-state index is 13.2. The van der Waals surface area contributed by atoms with Crippen LogP contribution in [0.5, 0.6) is 0 Å². The van der Waals surface area contributed by atoms with Crippen LogP contribution in [0.15, 0.2) is 52.6 Å². The Bertz CT molecular complexity index is 798. The Morgan fingerprint density at radius 1 is 1.25 bits per heavy atom. The molecule has 0 bridgehead atoms. The quantitative estimate of drug-likeness (QED) is 0.572. The number of hydrogen-bond donors (Lipinski definition) is 2. The predicted octanol–water partition coefficient (Wildman–Crippen LogP) is 2.30. The highest BCUT2D eigenvalue weighted by atomic mass is 32.2. The van der Waals surface area contributed by atoms with Gasteiger partial charge in [-0.15, -0.1) is 10.2 Å². The lowest BCUT2D eigenvalue weighted by Crippen LogP contribution is -2.12. The largest absolute Gasteiger partial charge is 0.384 e. The van der Waals surface area contributed by atoms with Crippen molar-refractivity contribution in [2.75, 3.05) is 0 Å². The van der Waals surface area contributed by atoms with Gasteiger partial charge in [-0.3, -0.25) is 9.81 Å². The van der Waals surface area contributed by atoms with Crippen molar-refractivity contribution < 1.29 is 4.39 Å². The number of aromatic nitrogens is 3. The van der Waals surface area contributed by atoms with Crippen molar-refractivity contribution in [2.24, 2.45) is 5.73 Å². The van der Waals surface area contributed by atoms with Gasteiger partial charge >= 0.3 is 0 Å². The molecule has 0 atom stereocenters. The third-order valence-electron chi connectivity index (χ3n) is 2.72. The number of halogens is 1. The molecule has 2 heterocycles. The van der Waals surface area contributed by atoms with E-state index in [1.807, 2.05) is 28.8 Å². The van der Waals surface area contributed by atoms with Crippen LogP contribution in [0.3, 0.4) is 0 Å². The summed E-state index contributed by atoms with van der Waals surface area (Å²) in [5.41, 5.74) is 6.56. The predicted molar refractivity (Wildman–Crippen MR) is 74.5 cm³/mol. The summed E-state index contributed by atoms with van der Waals surface area (Å²) in [6.07, 6.45) is 1.84. The summed E-state index contributed by atoms with van der Waals surface area (Å²) in [7, 11) is 0. The van der Waals surface area contributed by atoms with Crippen molar-refractivity contribution in [3.8, 4) is 0 Å². The van der Waals surface area contributed by atoms with Crippen LogP contribution >= 0.6 is 11.8 Å². The fraction of sp³-hybridized carbons (Fsp3) is 0. The molecule has 0 aliphatic carbocycles. The number of nitrogens with two attached hydrogens (primary N) is 1. The van der Waals surface area contributed by atoms with E-state index in [9.17, 15) is 4.39 Å². The van der Waals surface area contributed by atoms with Gasteiger partial charge in [-0.05, 0) is 42.1 Å². The van der Waals surface area contributed by atoms with Crippen LogP contribution in [-0.2, 0) is 0 Å². The Kier molecular flexibility index (Phi) is 3.11. The van der Waals surface area contributed by atoms with E-state index in [0.717, 1.165) is 5.65 Å². The Labute approximate surface area is 118 Å². The van der Waals surface area contributed by atoms with Gasteiger partial charge in [-0.1, -0.05) is 6.07 Å². The third-order valence-corrected chi connectivity index (χ3v) is 3.75. The Morgan fingerprint density at radius 2 is 2.10 bits per heavy atom. The number of fused-ring (bicyclic) bond motifs is 1. The first-order chi connectivity index (χ1) is 9.65. The van der Waals surface area contributed by atoms with E-state index in [2.05, 4.69) is 10.2 Å². The molecule has 100 valence electrons. The standard InChI is InChI=1S/C13H10FN5S/c14-8-4-5-10(9(7-8)12(15)16)20-13-18-17-11-3-1-2-6-19(11)13/h1-7H,(H3,15,16). The van der Waals surface area contributed by atoms with Crippen LogP contribution in [0.25, 0.3) is 5.65 Å². The van der Waals surface area contributed by atoms with E-state index in [-0.39, 0.29) is 5.84 Å². The number of rotatable bonds is 3. The normalized spacial score (nSPS) is 10.8. The van der Waals surface area contributed by atoms with E-state index in [0.29, 0.717) is 15.6 Å². The zero-order valence-electron chi connectivity index (χ0n) is 10.2. The molecule has 1 aromatic carbocycles. The maximum absolute atomic E-state index is 13.2. The number of nitrogens with one attached hydrogen (secondary N) is 1. The highest BCUT2D eigenvalue weighted by molar-refractivity contribution is 7.99. The fourth-order valence-corrected chi connectivity index (χ4v) is 2.74. The van der Waals surface area contributed by atoms with E-state index in [4.69, 9.17) is 11.1 Å². The van der Waals surface area contributed by atoms with Crippen molar-refractivity contribution >= 4 is 23.2 Å². The van der Waals surface area contributed by atoms with Crippen LogP contribution in [0.2, 0.25) is 0 Å². The number of amidine groups is 1. The second kappa shape index (κ2) is 4.93. The molecule has 0 unspecified atom stereocenters. The molecular formula is C13H10FN5S. The maximum Gasteiger partial charge on any atom is 0.200 e. The van der Waals surface area contributed by atoms with Crippen LogP contribution < -0.4 is 5.73 Å². The van der Waals surface area contributed by atoms with Gasteiger partial charge < -0.3 is 5.73 Å². The van der Waals surface area contributed by atoms with E-state index < -0.39 is 5.82 Å². The summed E-state index contributed by atoms with van der Waals surface area (Å²) < 4.78 is 15.1. The number of pyridine rings is 1. The SMILES string of the molecule is N=C(N)c1cc(F)ccc1Sc1nnc2ccccn12. The Morgan fingerprint density at radius 3 is 2.90 bits per heavy atom. The molecule has 0 saturated heterocycles. The van der Waals surface area contributed by atoms with Crippen molar-refractivity contribution in [2.45, 2.75) is 10.1 Å². The molecule has 0 saturated carbocycles. The summed E-state index contributed by atoms with van der Waals surface area (Å²) in [5, 5.41) is 16.3. The molecule has 3 N–H and O–H groups in total. The van der Waals surface area contributed by atoms with Crippen LogP contribution in [0.1, 0.15) is 5.56 Å². The molecule has 0 fully saturated rings. The molecule has 0 amide bonds. The third kappa shape index (κ3) is 2.23. The zero-order valence-corrected chi connectivity index (χ0v) is 11.1. The zero-order chi connectivity index (χ0) is 14.1. The summed E-state index contributed by atoms with van der Waals surface area (Å²) in [6.45, 7) is 0. The Balaban J connectivity index is 2.05. The lowest BCUT2D eigenvalue weighted by atomic mass is 10.2. The van der Waals surface area contributed by atoms with Crippen LogP contribution in [0, 0.1) is 11.2 Å². The lowest BCUT2D eigenvalue weighted by molar-refractivity contribution is 0.626. The van der Waals surface area contributed by atoms with Crippen molar-refractivity contribution in [3.05, 3.63) is 54.0 Å². The van der Waals surface area contributed by atoms with Crippen molar-refractivity contribution in [3.63, 3.8) is 0 Å². The first kappa shape index (κ1) is 12.6. The first-order valence-corrected chi connectivity index (χ1v) is 6.58. The molecule has 3 rings (SSSR count). The molecular weight excluding hydrogens is 277 g/mol. The van der Waals surface area contributed by atoms with Gasteiger partial charge in [0.25, 0.3) is 0 Å². The van der Waals surface area contributed by atoms with Crippen molar-refractivity contribution in [1.29, 1.82) is 5.41 Å². The summed E-state index contributed by atoms with van der Waals surface area (Å²) >= 11 is 1.29. The monoisotopic (exact) mass is 287 g/mol. The van der Waals surface area contributed by atoms with Gasteiger partial charge in [-0.2, -0.15) is 0 Å². The molecule has 5 nitrogen and oxygen atoms in total. The second-order valence-electron chi connectivity index (χ2n) is 4.07. The molecule has 3 aromatic rings. The highest BCUT2D eigenvalue weighted by Gasteiger charge is 2.12. The van der Waals surface area contributed by atoms with Gasteiger partial charge in [0.1, 0.15) is 11.7 Å². The average molecular weight is 287 g/mol. The van der Waals surface area contributed by atoms with Gasteiger partial charge in [0.15, 0.2) is 10.8 Å². The lowest BCUT2D eigenvalue weighted by Gasteiger charge is -2.06. The van der Waals surface area contributed by atoms with Gasteiger partial charge in [-0.25, -0.2) is 4.39 Å². The molecule has 7 heteroatoms. The van der Waals surface area contributed by atoms with Crippen LogP contribution in [-0.4, -0.2) is 20.4 Å². The molecule has 2 aromatic heterocycles. The van der Waals surface area contributed by atoms with E-state index >= 15 is 0 Å². The number of hydrogen-bond acceptors (Lipinski definition) is 4. The summed E-state index contributed by atoms with van der Waals surface area (Å²) in [6, 6.07) is 9.74. The number of nitrogen functional groups attached to an aromatic ring is 1. The fourth-order valence-electron chi connectivity index (χ4n) is 1.79. The first-order valence-electron chi connectivity index (χ1n) is 5.77. The minimum absolute atomic E-state index is 0.180. The number of benzene rings is 1. The summed E-state index contributed by atoms with van der Waals surface area (Å²) in [5.74, 6) is -0.605. The van der Waals surface area contributed by atoms with Gasteiger partial charge in [0.05, 0.1) is 0 Å². The van der Waals surface area contributed by atoms with Gasteiger partial charge in [0, 0.05) is 16.7 Å². The smallest absolute Gasteiger partial charge is 0.200 e. The average Bonchev–Trinajstić information content (AvgIpc) is 2.84. The molecule has 0 aliphatic rings. The number of nitrogens with zero attached hydrogens (tertiary/aromatic N) is 3. The summed E-state index contributed by atoms with van der Waals surface area (Å²) in [4.78, 5) is 0.664. The molecule has 0 aliphatic heterocycles. The van der Waals surface area contributed by atoms with E-state index in [1.165, 1.54) is 23.9 Å². The minimum atomic E-state index is -0.425. The second-order valence-corrected chi connectivity index (χ2v) is 5.08. The van der Waals surface area contributed by atoms with Crippen molar-refractivity contribution in [1.82, 2.24) is 14.6 Å². The molecule has 0 spiro atoms. The minimum Gasteiger partial charge on any atom is -0.384 e. The Hall–Kier alpha value is -2.41. The topological polar surface area (TPSA) is 80.1 Å². The molecule has 20 heavy (non-hydrogen) atoms. The van der Waals surface area contributed by atoms with E-state index in [1.54, 1.807) is 6.07 Å². The van der Waals surface area contributed by atoms with Gasteiger partial charge in [0.2, 0.25) is 0 Å². The van der Waals surface area contributed by atoms with Crippen LogP contribution in [0.4, 0.5) is 4.39 Å². The highest BCUT2D eigenvalue weighted by Crippen LogP contribution is 2.29.